The van der Waals surface area contributed by atoms with Gasteiger partial charge in [0, 0.05) is 19.6 Å². The van der Waals surface area contributed by atoms with Gasteiger partial charge in [0.25, 0.3) is 5.91 Å². The van der Waals surface area contributed by atoms with Crippen LogP contribution < -0.4 is 5.32 Å². The summed E-state index contributed by atoms with van der Waals surface area (Å²) < 4.78 is 1.75. The summed E-state index contributed by atoms with van der Waals surface area (Å²) in [6, 6.07) is 7.55. The molecule has 2 aliphatic heterocycles. The number of hydrogen-bond donors (Lipinski definition) is 1. The number of para-hydroxylation sites is 1. The number of aromatic nitrogens is 2. The van der Waals surface area contributed by atoms with E-state index in [0.29, 0.717) is 16.0 Å². The van der Waals surface area contributed by atoms with Gasteiger partial charge in [-0.2, -0.15) is 5.10 Å². The molecule has 140 valence electrons. The molecule has 4 rings (SSSR count). The van der Waals surface area contributed by atoms with E-state index >= 15 is 0 Å². The third-order valence-corrected chi connectivity index (χ3v) is 6.08. The largest absolute Gasteiger partial charge is 0.338 e. The minimum Gasteiger partial charge on any atom is -0.338 e. The lowest BCUT2D eigenvalue weighted by Crippen LogP contribution is -2.44. The number of carbonyl (C=O) groups excluding carboxylic acids is 1. The van der Waals surface area contributed by atoms with Crippen molar-refractivity contribution in [3.05, 3.63) is 46.7 Å². The van der Waals surface area contributed by atoms with Gasteiger partial charge in [-0.3, -0.25) is 4.79 Å². The van der Waals surface area contributed by atoms with Crippen molar-refractivity contribution in [1.29, 1.82) is 0 Å². The van der Waals surface area contributed by atoms with Gasteiger partial charge in [0.1, 0.15) is 0 Å². The Hall–Kier alpha value is -1.56. The molecule has 1 aromatic carbocycles. The molecule has 2 saturated heterocycles. The minimum atomic E-state index is 0. The fourth-order valence-corrected chi connectivity index (χ4v) is 4.28. The Balaban J connectivity index is 0.00000196. The highest BCUT2D eigenvalue weighted by Crippen LogP contribution is 2.37. The van der Waals surface area contributed by atoms with Gasteiger partial charge in [-0.15, -0.1) is 12.4 Å². The van der Waals surface area contributed by atoms with Crippen molar-refractivity contribution in [1.82, 2.24) is 20.0 Å². The van der Waals surface area contributed by atoms with E-state index in [4.69, 9.17) is 11.6 Å². The third-order valence-electron chi connectivity index (χ3n) is 5.76. The topological polar surface area (TPSA) is 50.2 Å². The molecular formula is C19H24Cl2N4O. The van der Waals surface area contributed by atoms with Crippen LogP contribution in [-0.4, -0.2) is 46.8 Å². The molecule has 0 atom stereocenters. The van der Waals surface area contributed by atoms with Crippen LogP contribution in [0, 0.1) is 12.3 Å². The SMILES string of the molecule is Cc1c(C(=O)N2CCC3(CCNC3)CC2)cnn1-c1ccccc1Cl.Cl. The Morgan fingerprint density at radius 2 is 1.96 bits per heavy atom. The maximum absolute atomic E-state index is 13.0. The first kappa shape index (κ1) is 19.2. The number of piperidine rings is 1. The first-order chi connectivity index (χ1) is 12.1. The maximum atomic E-state index is 13.0. The lowest BCUT2D eigenvalue weighted by atomic mass is 9.78. The van der Waals surface area contributed by atoms with E-state index in [1.54, 1.807) is 10.9 Å². The Bertz CT molecular complexity index is 789. The molecule has 26 heavy (non-hydrogen) atoms. The van der Waals surface area contributed by atoms with E-state index in [-0.39, 0.29) is 18.3 Å². The first-order valence-corrected chi connectivity index (χ1v) is 9.27. The Kier molecular flexibility index (Phi) is 5.61. The number of halogens is 2. The molecule has 2 aromatic rings. The molecule has 0 bridgehead atoms. The van der Waals surface area contributed by atoms with Crippen molar-refractivity contribution in [2.75, 3.05) is 26.2 Å². The Morgan fingerprint density at radius 3 is 2.62 bits per heavy atom. The molecule has 1 N–H and O–H groups in total. The van der Waals surface area contributed by atoms with Gasteiger partial charge in [0.2, 0.25) is 0 Å². The first-order valence-electron chi connectivity index (χ1n) is 8.89. The van der Waals surface area contributed by atoms with Gasteiger partial charge in [0.15, 0.2) is 0 Å². The van der Waals surface area contributed by atoms with Gasteiger partial charge < -0.3 is 10.2 Å². The summed E-state index contributed by atoms with van der Waals surface area (Å²) >= 11 is 6.28. The van der Waals surface area contributed by atoms with E-state index in [0.717, 1.165) is 50.4 Å². The maximum Gasteiger partial charge on any atom is 0.257 e. The minimum absolute atomic E-state index is 0. The molecule has 7 heteroatoms. The normalized spacial score (nSPS) is 18.8. The summed E-state index contributed by atoms with van der Waals surface area (Å²) in [4.78, 5) is 15.0. The van der Waals surface area contributed by atoms with Crippen LogP contribution in [0.3, 0.4) is 0 Å². The zero-order valence-corrected chi connectivity index (χ0v) is 16.4. The Morgan fingerprint density at radius 1 is 1.23 bits per heavy atom. The quantitative estimate of drug-likeness (QED) is 0.847. The molecule has 0 radical (unpaired) electrons. The average Bonchev–Trinajstić information content (AvgIpc) is 3.23. The van der Waals surface area contributed by atoms with E-state index in [2.05, 4.69) is 10.4 Å². The number of rotatable bonds is 2. The van der Waals surface area contributed by atoms with Crippen molar-refractivity contribution in [3.8, 4) is 5.69 Å². The number of nitrogens with zero attached hydrogens (tertiary/aromatic N) is 3. The number of hydrogen-bond acceptors (Lipinski definition) is 3. The highest BCUT2D eigenvalue weighted by Gasteiger charge is 2.38. The summed E-state index contributed by atoms with van der Waals surface area (Å²) in [5.41, 5.74) is 2.71. The van der Waals surface area contributed by atoms with Crippen LogP contribution in [0.1, 0.15) is 35.3 Å². The number of nitrogens with one attached hydrogen (secondary N) is 1. The highest BCUT2D eigenvalue weighted by atomic mass is 35.5. The highest BCUT2D eigenvalue weighted by molar-refractivity contribution is 6.32. The standard InChI is InChI=1S/C19H23ClN4O.ClH/c1-14-15(12-22-24(14)17-5-3-2-4-16(17)20)18(25)23-10-7-19(8-11-23)6-9-21-13-19;/h2-5,12,21H,6-11,13H2,1H3;1H. The number of amides is 1. The predicted molar refractivity (Wildman–Crippen MR) is 106 cm³/mol. The number of likely N-dealkylation sites (tertiary alicyclic amines) is 1. The number of benzene rings is 1. The Labute approximate surface area is 165 Å². The van der Waals surface area contributed by atoms with Crippen LogP contribution in [0.4, 0.5) is 0 Å². The van der Waals surface area contributed by atoms with E-state index < -0.39 is 0 Å². The average molecular weight is 395 g/mol. The molecule has 0 unspecified atom stereocenters. The fraction of sp³-hybridized carbons (Fsp3) is 0.474. The van der Waals surface area contributed by atoms with E-state index in [1.807, 2.05) is 36.1 Å². The molecule has 1 aromatic heterocycles. The van der Waals surface area contributed by atoms with Gasteiger partial charge >= 0.3 is 0 Å². The molecule has 0 aliphatic carbocycles. The lowest BCUT2D eigenvalue weighted by molar-refractivity contribution is 0.0607. The second-order valence-corrected chi connectivity index (χ2v) is 7.63. The summed E-state index contributed by atoms with van der Waals surface area (Å²) in [5, 5.41) is 8.50. The van der Waals surface area contributed by atoms with Crippen LogP contribution in [-0.2, 0) is 0 Å². The number of carbonyl (C=O) groups is 1. The van der Waals surface area contributed by atoms with Crippen molar-refractivity contribution < 1.29 is 4.79 Å². The zero-order valence-electron chi connectivity index (χ0n) is 14.9. The molecule has 2 aliphatic rings. The van der Waals surface area contributed by atoms with Gasteiger partial charge in [-0.05, 0) is 50.3 Å². The fourth-order valence-electron chi connectivity index (χ4n) is 4.06. The molecule has 1 amide bonds. The van der Waals surface area contributed by atoms with Crippen LogP contribution in [0.5, 0.6) is 0 Å². The predicted octanol–water partition coefficient (Wildman–Crippen LogP) is 3.47. The molecule has 5 nitrogen and oxygen atoms in total. The molecule has 0 saturated carbocycles. The summed E-state index contributed by atoms with van der Waals surface area (Å²) in [7, 11) is 0. The van der Waals surface area contributed by atoms with Crippen LogP contribution >= 0.6 is 24.0 Å². The van der Waals surface area contributed by atoms with Crippen molar-refractivity contribution >= 4 is 29.9 Å². The van der Waals surface area contributed by atoms with Crippen molar-refractivity contribution in [2.24, 2.45) is 5.41 Å². The van der Waals surface area contributed by atoms with Gasteiger partial charge in [0.05, 0.1) is 28.2 Å². The van der Waals surface area contributed by atoms with Crippen molar-refractivity contribution in [2.45, 2.75) is 26.2 Å². The van der Waals surface area contributed by atoms with E-state index in [1.165, 1.54) is 6.42 Å². The monoisotopic (exact) mass is 394 g/mol. The van der Waals surface area contributed by atoms with Crippen molar-refractivity contribution in [3.63, 3.8) is 0 Å². The van der Waals surface area contributed by atoms with E-state index in [9.17, 15) is 4.79 Å². The summed E-state index contributed by atoms with van der Waals surface area (Å²) in [6.07, 6.45) is 5.08. The smallest absolute Gasteiger partial charge is 0.257 e. The summed E-state index contributed by atoms with van der Waals surface area (Å²) in [6.45, 7) is 5.79. The van der Waals surface area contributed by atoms with Gasteiger partial charge in [-0.25, -0.2) is 4.68 Å². The lowest BCUT2D eigenvalue weighted by Gasteiger charge is -2.38. The third kappa shape index (κ3) is 3.36. The second-order valence-electron chi connectivity index (χ2n) is 7.23. The van der Waals surface area contributed by atoms with Gasteiger partial charge in [-0.1, -0.05) is 23.7 Å². The molecule has 3 heterocycles. The zero-order chi connectivity index (χ0) is 17.4. The second kappa shape index (κ2) is 7.59. The van der Waals surface area contributed by atoms with Crippen LogP contribution in [0.15, 0.2) is 30.5 Å². The summed E-state index contributed by atoms with van der Waals surface area (Å²) in [5.74, 6) is 0.0802. The molecule has 2 fully saturated rings. The molecular weight excluding hydrogens is 371 g/mol. The van der Waals surface area contributed by atoms with Crippen LogP contribution in [0.25, 0.3) is 5.69 Å². The molecule has 1 spiro atoms. The van der Waals surface area contributed by atoms with Crippen LogP contribution in [0.2, 0.25) is 5.02 Å².